The molecule has 2 heterocycles. The van der Waals surface area contributed by atoms with Gasteiger partial charge in [-0.05, 0) is 132 Å². The van der Waals surface area contributed by atoms with Crippen molar-refractivity contribution in [3.8, 4) is 0 Å². The summed E-state index contributed by atoms with van der Waals surface area (Å²) in [6.45, 7) is 0. The highest BCUT2D eigenvalue weighted by molar-refractivity contribution is 9.15. The van der Waals surface area contributed by atoms with Crippen LogP contribution in [0.5, 0.6) is 0 Å². The van der Waals surface area contributed by atoms with Gasteiger partial charge in [0.05, 0.1) is 33.6 Å². The van der Waals surface area contributed by atoms with Crippen LogP contribution in [0.3, 0.4) is 0 Å². The van der Waals surface area contributed by atoms with Gasteiger partial charge in [-0.3, -0.25) is 19.2 Å². The van der Waals surface area contributed by atoms with Crippen LogP contribution in [0, 0.1) is 0 Å². The van der Waals surface area contributed by atoms with Crippen LogP contribution in [0.2, 0.25) is 0 Å². The van der Waals surface area contributed by atoms with Gasteiger partial charge in [0.2, 0.25) is 0 Å². The Morgan fingerprint density at radius 1 is 0.471 bits per heavy atom. The van der Waals surface area contributed by atoms with E-state index in [1.165, 1.54) is 24.3 Å². The Labute approximate surface area is 242 Å². The van der Waals surface area contributed by atoms with Gasteiger partial charge in [0.15, 0.2) is 0 Å². The van der Waals surface area contributed by atoms with E-state index in [0.717, 1.165) is 9.80 Å². The van der Waals surface area contributed by atoms with Crippen LogP contribution in [-0.2, 0) is 0 Å². The maximum absolute atomic E-state index is 13.1. The van der Waals surface area contributed by atoms with E-state index in [1.54, 1.807) is 12.1 Å². The molecule has 12 heteroatoms. The number of hydrogen-bond donors (Lipinski definition) is 0. The second-order valence-electron chi connectivity index (χ2n) is 7.23. The quantitative estimate of drug-likeness (QED) is 0.195. The Kier molecular flexibility index (Phi) is 6.30. The Hall–Kier alpha value is -1.18. The van der Waals surface area contributed by atoms with Crippen molar-refractivity contribution in [3.05, 3.63) is 85.5 Å². The summed E-state index contributed by atoms with van der Waals surface area (Å²) in [4.78, 5) is 54.4. The molecule has 0 spiro atoms. The molecule has 0 atom stereocenters. The highest BCUT2D eigenvalue weighted by Crippen LogP contribution is 2.43. The topological polar surface area (TPSA) is 74.8 Å². The molecule has 6 nitrogen and oxygen atoms in total. The number of rotatable bonds is 2. The Morgan fingerprint density at radius 2 is 0.794 bits per heavy atom. The van der Waals surface area contributed by atoms with Crippen LogP contribution >= 0.6 is 95.6 Å². The lowest BCUT2D eigenvalue weighted by Crippen LogP contribution is -2.31. The van der Waals surface area contributed by atoms with Crippen LogP contribution in [0.4, 0.5) is 11.4 Å². The highest BCUT2D eigenvalue weighted by atomic mass is 79.9. The molecule has 3 aromatic carbocycles. The molecule has 2 aliphatic heterocycles. The number of benzene rings is 3. The Morgan fingerprint density at radius 3 is 1.12 bits per heavy atom. The molecule has 170 valence electrons. The number of nitrogens with zero attached hydrogens (tertiary/aromatic N) is 2. The number of carbonyl (C=O) groups excluding carboxylic acids is 4. The number of anilines is 2. The molecular weight excluding hydrogens is 836 g/mol. The minimum Gasteiger partial charge on any atom is -0.268 e. The second-order valence-corrected chi connectivity index (χ2v) is 12.1. The first-order valence-corrected chi connectivity index (χ1v) is 14.0. The molecule has 0 N–H and O–H groups in total. The van der Waals surface area contributed by atoms with E-state index >= 15 is 0 Å². The summed E-state index contributed by atoms with van der Waals surface area (Å²) in [6.07, 6.45) is 0. The zero-order valence-electron chi connectivity index (χ0n) is 16.3. The third-order valence-corrected chi connectivity index (χ3v) is 12.0. The highest BCUT2D eigenvalue weighted by Gasteiger charge is 2.41. The summed E-state index contributed by atoms with van der Waals surface area (Å²) >= 11 is 20.3. The number of imide groups is 2. The minimum atomic E-state index is -0.479. The summed E-state index contributed by atoms with van der Waals surface area (Å²) < 4.78 is 3.46. The number of amides is 4. The molecule has 0 unspecified atom stereocenters. The van der Waals surface area contributed by atoms with Crippen LogP contribution in [0.15, 0.2) is 63.2 Å². The van der Waals surface area contributed by atoms with E-state index in [4.69, 9.17) is 0 Å². The number of halogens is 6. The smallest absolute Gasteiger partial charge is 0.267 e. The van der Waals surface area contributed by atoms with Crippen molar-refractivity contribution in [1.29, 1.82) is 0 Å². The van der Waals surface area contributed by atoms with E-state index in [-0.39, 0.29) is 22.3 Å². The molecule has 4 amide bonds. The second kappa shape index (κ2) is 8.74. The van der Waals surface area contributed by atoms with Crippen molar-refractivity contribution >= 4 is 131 Å². The summed E-state index contributed by atoms with van der Waals surface area (Å²) in [5.41, 5.74) is 1.67. The first kappa shape index (κ1) is 24.5. The number of fused-ring (bicyclic) bond motifs is 2. The molecule has 3 aromatic rings. The van der Waals surface area contributed by atoms with Crippen LogP contribution in [-0.4, -0.2) is 23.6 Å². The van der Waals surface area contributed by atoms with Gasteiger partial charge >= 0.3 is 0 Å². The summed E-state index contributed by atoms with van der Waals surface area (Å²) in [5, 5.41) is 0. The predicted molar refractivity (Wildman–Crippen MR) is 148 cm³/mol. The lowest BCUT2D eigenvalue weighted by Gasteiger charge is -2.17. The molecule has 0 aliphatic carbocycles. The van der Waals surface area contributed by atoms with E-state index in [1.807, 2.05) is 0 Å². The third-order valence-electron chi connectivity index (χ3n) is 5.39. The average Bonchev–Trinajstić information content (AvgIpc) is 3.19. The summed E-state index contributed by atoms with van der Waals surface area (Å²) in [7, 11) is 0. The molecule has 34 heavy (non-hydrogen) atoms. The van der Waals surface area contributed by atoms with Crippen molar-refractivity contribution < 1.29 is 19.2 Å². The molecule has 0 saturated carbocycles. The van der Waals surface area contributed by atoms with Gasteiger partial charge in [0.25, 0.3) is 23.6 Å². The van der Waals surface area contributed by atoms with Crippen molar-refractivity contribution in [1.82, 2.24) is 0 Å². The van der Waals surface area contributed by atoms with Gasteiger partial charge in [-0.2, -0.15) is 0 Å². The normalized spacial score (nSPS) is 14.9. The van der Waals surface area contributed by atoms with Crippen molar-refractivity contribution in [2.45, 2.75) is 0 Å². The third kappa shape index (κ3) is 3.47. The number of hydrogen-bond acceptors (Lipinski definition) is 4. The molecule has 0 saturated heterocycles. The maximum Gasteiger partial charge on any atom is 0.267 e. The van der Waals surface area contributed by atoms with E-state index in [0.29, 0.717) is 38.2 Å². The van der Waals surface area contributed by atoms with Gasteiger partial charge in [-0.25, -0.2) is 9.80 Å². The van der Waals surface area contributed by atoms with Gasteiger partial charge < -0.3 is 0 Å². The molecule has 5 rings (SSSR count). The molecule has 0 radical (unpaired) electrons. The lowest BCUT2D eigenvalue weighted by atomic mass is 10.1. The zero-order valence-corrected chi connectivity index (χ0v) is 25.8. The lowest BCUT2D eigenvalue weighted by molar-refractivity contribution is 0.0909. The molecule has 0 aromatic heterocycles. The maximum atomic E-state index is 13.1. The first-order valence-electron chi connectivity index (χ1n) is 9.27. The van der Waals surface area contributed by atoms with Gasteiger partial charge in [-0.15, -0.1) is 0 Å². The fraction of sp³-hybridized carbons (Fsp3) is 0. The zero-order chi connectivity index (χ0) is 24.6. The monoisotopic (exact) mass is 836 g/mol. The van der Waals surface area contributed by atoms with Crippen LogP contribution in [0.25, 0.3) is 0 Å². The minimum absolute atomic E-state index is 0.255. The van der Waals surface area contributed by atoms with Crippen molar-refractivity contribution in [2.24, 2.45) is 0 Å². The predicted octanol–water partition coefficient (Wildman–Crippen LogP) is 7.86. The Bertz CT molecular complexity index is 1390. The van der Waals surface area contributed by atoms with Gasteiger partial charge in [0, 0.05) is 26.8 Å². The molecule has 0 bridgehead atoms. The summed E-state index contributed by atoms with van der Waals surface area (Å²) in [5.74, 6) is -1.90. The van der Waals surface area contributed by atoms with Crippen molar-refractivity contribution in [2.75, 3.05) is 9.80 Å². The Balaban J connectivity index is 1.51. The molecule has 0 fully saturated rings. The fourth-order valence-corrected chi connectivity index (χ4v) is 7.02. The average molecular weight is 842 g/mol. The standard InChI is InChI=1S/C22H6Br6N2O4/c23-11-5-9-13(17(27)15(11)25)21(33)29(19(9)31)7-1-2-8(4-3-7)30-20(32)10-6-12(24)16(26)18(28)14(10)22(30)34/h1-6H. The SMILES string of the molecule is O=C1c2cc(Br)c(Br)c(Br)c2C(=O)N1c1ccc(N2C(=O)c3cc(Br)c(Br)c(Br)c3C2=O)cc1. The van der Waals surface area contributed by atoms with E-state index in [2.05, 4.69) is 95.6 Å². The van der Waals surface area contributed by atoms with Crippen molar-refractivity contribution in [3.63, 3.8) is 0 Å². The van der Waals surface area contributed by atoms with E-state index in [9.17, 15) is 19.2 Å². The molecule has 2 aliphatic rings. The number of carbonyl (C=O) groups is 4. The largest absolute Gasteiger partial charge is 0.268 e. The van der Waals surface area contributed by atoms with Gasteiger partial charge in [-0.1, -0.05) is 0 Å². The summed E-state index contributed by atoms with van der Waals surface area (Å²) in [6, 6.07) is 9.29. The first-order chi connectivity index (χ1) is 16.0. The molecular formula is C22H6Br6N2O4. The van der Waals surface area contributed by atoms with E-state index < -0.39 is 23.6 Å². The van der Waals surface area contributed by atoms with Gasteiger partial charge in [0.1, 0.15) is 0 Å². The van der Waals surface area contributed by atoms with Crippen LogP contribution in [0.1, 0.15) is 41.4 Å². The van der Waals surface area contributed by atoms with Crippen LogP contribution < -0.4 is 9.80 Å². The fourth-order valence-electron chi connectivity index (χ4n) is 3.81.